The van der Waals surface area contributed by atoms with Crippen LogP contribution in [0.4, 0.5) is 0 Å². The Kier molecular flexibility index (Phi) is 6.41. The summed E-state index contributed by atoms with van der Waals surface area (Å²) in [6, 6.07) is 16.8. The molecular formula is C19H24N2OS. The van der Waals surface area contributed by atoms with Gasteiger partial charge in [0.05, 0.1) is 13.2 Å². The van der Waals surface area contributed by atoms with Gasteiger partial charge >= 0.3 is 0 Å². The van der Waals surface area contributed by atoms with E-state index in [0.717, 1.165) is 12.2 Å². The van der Waals surface area contributed by atoms with E-state index < -0.39 is 0 Å². The van der Waals surface area contributed by atoms with Gasteiger partial charge in [0.2, 0.25) is 0 Å². The van der Waals surface area contributed by atoms with E-state index in [9.17, 15) is 0 Å². The third-order valence-corrected chi connectivity index (χ3v) is 4.07. The Morgan fingerprint density at radius 1 is 1.09 bits per heavy atom. The highest BCUT2D eigenvalue weighted by atomic mass is 32.1. The fraction of sp³-hybridized carbons (Fsp3) is 0.316. The van der Waals surface area contributed by atoms with Gasteiger partial charge in [-0.25, -0.2) is 0 Å². The molecule has 3 nitrogen and oxygen atoms in total. The van der Waals surface area contributed by atoms with Crippen molar-refractivity contribution in [2.45, 2.75) is 32.9 Å². The largest absolute Gasteiger partial charge is 0.497 e. The summed E-state index contributed by atoms with van der Waals surface area (Å²) in [5.74, 6) is 0.861. The van der Waals surface area contributed by atoms with Crippen molar-refractivity contribution in [2.24, 2.45) is 0 Å². The molecule has 2 aromatic carbocycles. The molecule has 0 saturated carbocycles. The summed E-state index contributed by atoms with van der Waals surface area (Å²) in [6.07, 6.45) is 0.980. The predicted octanol–water partition coefficient (Wildman–Crippen LogP) is 4.12. The monoisotopic (exact) mass is 328 g/mol. The first-order valence-electron chi connectivity index (χ1n) is 7.86. The van der Waals surface area contributed by atoms with Crippen molar-refractivity contribution in [3.05, 3.63) is 65.2 Å². The number of nitrogens with one attached hydrogen (secondary N) is 2. The molecule has 0 aliphatic rings. The van der Waals surface area contributed by atoms with E-state index in [4.69, 9.17) is 17.0 Å². The van der Waals surface area contributed by atoms with E-state index in [1.165, 1.54) is 16.7 Å². The molecule has 0 radical (unpaired) electrons. The Morgan fingerprint density at radius 3 is 2.30 bits per heavy atom. The molecule has 4 heteroatoms. The number of aryl methyl sites for hydroxylation is 1. The molecule has 2 rings (SSSR count). The minimum Gasteiger partial charge on any atom is -0.497 e. The molecular weight excluding hydrogens is 304 g/mol. The summed E-state index contributed by atoms with van der Waals surface area (Å²) in [5.41, 5.74) is 3.69. The van der Waals surface area contributed by atoms with Gasteiger partial charge in [-0.05, 0) is 48.8 Å². The van der Waals surface area contributed by atoms with Crippen LogP contribution >= 0.6 is 12.2 Å². The van der Waals surface area contributed by atoms with Crippen LogP contribution in [0.1, 0.15) is 36.1 Å². The topological polar surface area (TPSA) is 33.3 Å². The number of thiocarbonyl (C=S) groups is 1. The summed E-state index contributed by atoms with van der Waals surface area (Å²) in [5, 5.41) is 7.33. The maximum Gasteiger partial charge on any atom is 0.167 e. The summed E-state index contributed by atoms with van der Waals surface area (Å²) >= 11 is 5.42. The zero-order chi connectivity index (χ0) is 16.7. The Bertz CT molecular complexity index is 623. The maximum atomic E-state index is 5.42. The van der Waals surface area contributed by atoms with Crippen LogP contribution in [0, 0.1) is 6.92 Å². The molecule has 0 aliphatic heterocycles. The maximum absolute atomic E-state index is 5.42. The Labute approximate surface area is 144 Å². The third-order valence-electron chi connectivity index (χ3n) is 3.81. The van der Waals surface area contributed by atoms with E-state index >= 15 is 0 Å². The van der Waals surface area contributed by atoms with Gasteiger partial charge in [-0.15, -0.1) is 0 Å². The highest BCUT2D eigenvalue weighted by molar-refractivity contribution is 7.80. The van der Waals surface area contributed by atoms with Crippen LogP contribution in [-0.4, -0.2) is 12.2 Å². The zero-order valence-corrected chi connectivity index (χ0v) is 14.7. The molecule has 0 saturated heterocycles. The normalized spacial score (nSPS) is 11.6. The molecule has 122 valence electrons. The van der Waals surface area contributed by atoms with Crippen LogP contribution in [0.15, 0.2) is 48.5 Å². The van der Waals surface area contributed by atoms with E-state index in [0.29, 0.717) is 11.7 Å². The van der Waals surface area contributed by atoms with Crippen LogP contribution in [-0.2, 0) is 6.54 Å². The second-order valence-electron chi connectivity index (χ2n) is 5.55. The van der Waals surface area contributed by atoms with E-state index in [1.807, 2.05) is 24.3 Å². The highest BCUT2D eigenvalue weighted by Gasteiger charge is 2.10. The van der Waals surface area contributed by atoms with Crippen molar-refractivity contribution in [3.63, 3.8) is 0 Å². The van der Waals surface area contributed by atoms with Crippen LogP contribution in [0.3, 0.4) is 0 Å². The summed E-state index contributed by atoms with van der Waals surface area (Å²) < 4.78 is 5.16. The van der Waals surface area contributed by atoms with Crippen molar-refractivity contribution in [1.29, 1.82) is 0 Å². The average Bonchev–Trinajstić information content (AvgIpc) is 2.59. The lowest BCUT2D eigenvalue weighted by Gasteiger charge is -2.20. The van der Waals surface area contributed by atoms with Gasteiger partial charge < -0.3 is 15.4 Å². The summed E-state index contributed by atoms with van der Waals surface area (Å²) in [7, 11) is 1.67. The first-order chi connectivity index (χ1) is 11.1. The minimum atomic E-state index is 0.228. The molecule has 0 aromatic heterocycles. The highest BCUT2D eigenvalue weighted by Crippen LogP contribution is 2.17. The third kappa shape index (κ3) is 5.25. The Morgan fingerprint density at radius 2 is 1.74 bits per heavy atom. The van der Waals surface area contributed by atoms with E-state index in [1.54, 1.807) is 7.11 Å². The van der Waals surface area contributed by atoms with Crippen molar-refractivity contribution in [1.82, 2.24) is 10.6 Å². The lowest BCUT2D eigenvalue weighted by Crippen LogP contribution is -2.37. The molecule has 0 fully saturated rings. The number of methoxy groups -OCH3 is 1. The van der Waals surface area contributed by atoms with Crippen molar-refractivity contribution in [2.75, 3.05) is 7.11 Å². The lowest BCUT2D eigenvalue weighted by atomic mass is 10.0. The molecule has 2 aromatic rings. The zero-order valence-electron chi connectivity index (χ0n) is 13.9. The average molecular weight is 328 g/mol. The fourth-order valence-electron chi connectivity index (χ4n) is 2.35. The number of hydrogen-bond donors (Lipinski definition) is 2. The minimum absolute atomic E-state index is 0.228. The second-order valence-corrected chi connectivity index (χ2v) is 5.95. The Balaban J connectivity index is 1.88. The van der Waals surface area contributed by atoms with Gasteiger partial charge in [0, 0.05) is 6.54 Å². The van der Waals surface area contributed by atoms with Crippen molar-refractivity contribution < 1.29 is 4.74 Å². The quantitative estimate of drug-likeness (QED) is 0.782. The molecule has 0 bridgehead atoms. The number of benzene rings is 2. The molecule has 0 aliphatic carbocycles. The lowest BCUT2D eigenvalue weighted by molar-refractivity contribution is 0.414. The Hall–Kier alpha value is -2.07. The smallest absolute Gasteiger partial charge is 0.167 e. The van der Waals surface area contributed by atoms with Gasteiger partial charge in [0.25, 0.3) is 0 Å². The van der Waals surface area contributed by atoms with Crippen LogP contribution in [0.5, 0.6) is 5.75 Å². The molecule has 0 heterocycles. The molecule has 1 atom stereocenters. The predicted molar refractivity (Wildman–Crippen MR) is 99.8 cm³/mol. The first kappa shape index (κ1) is 17.3. The fourth-order valence-corrected chi connectivity index (χ4v) is 2.57. The van der Waals surface area contributed by atoms with Gasteiger partial charge in [0.1, 0.15) is 5.75 Å². The summed E-state index contributed by atoms with van der Waals surface area (Å²) in [6.45, 7) is 4.95. The molecule has 23 heavy (non-hydrogen) atoms. The van der Waals surface area contributed by atoms with Gasteiger partial charge in [-0.2, -0.15) is 0 Å². The summed E-state index contributed by atoms with van der Waals surface area (Å²) in [4.78, 5) is 0. The van der Waals surface area contributed by atoms with Crippen LogP contribution in [0.25, 0.3) is 0 Å². The van der Waals surface area contributed by atoms with Gasteiger partial charge in [0.15, 0.2) is 5.11 Å². The second kappa shape index (κ2) is 8.53. The van der Waals surface area contributed by atoms with Gasteiger partial charge in [-0.1, -0.05) is 48.9 Å². The molecule has 0 amide bonds. The number of rotatable bonds is 6. The number of hydrogen-bond acceptors (Lipinski definition) is 2. The van der Waals surface area contributed by atoms with Crippen LogP contribution < -0.4 is 15.4 Å². The van der Waals surface area contributed by atoms with E-state index in [2.05, 4.69) is 48.7 Å². The number of ether oxygens (including phenoxy) is 1. The van der Waals surface area contributed by atoms with E-state index in [-0.39, 0.29) is 6.04 Å². The first-order valence-corrected chi connectivity index (χ1v) is 8.27. The SMILES string of the molecule is CC[C@H](NC(=S)NCc1ccc(OC)cc1)c1ccc(C)cc1. The van der Waals surface area contributed by atoms with Crippen molar-refractivity contribution in [3.8, 4) is 5.75 Å². The molecule has 0 spiro atoms. The molecule has 2 N–H and O–H groups in total. The standard InChI is InChI=1S/C19H24N2OS/c1-4-18(16-9-5-14(2)6-10-16)21-19(23)20-13-15-7-11-17(22-3)12-8-15/h5-12,18H,4,13H2,1-3H3,(H2,20,21,23)/t18-/m0/s1. The van der Waals surface area contributed by atoms with Crippen LogP contribution in [0.2, 0.25) is 0 Å². The van der Waals surface area contributed by atoms with Gasteiger partial charge in [-0.3, -0.25) is 0 Å². The van der Waals surface area contributed by atoms with Crippen molar-refractivity contribution >= 4 is 17.3 Å². The molecule has 0 unspecified atom stereocenters.